The lowest BCUT2D eigenvalue weighted by molar-refractivity contribution is 0.240. The van der Waals surface area contributed by atoms with Gasteiger partial charge in [-0.2, -0.15) is 5.06 Å². The first kappa shape index (κ1) is 2.18. The van der Waals surface area contributed by atoms with E-state index in [1.54, 1.807) is 11.8 Å². The Kier molecular flexibility index (Phi) is 0.242. The molecule has 0 aromatic carbocycles. The molecule has 0 aliphatic carbocycles. The highest BCUT2D eigenvalue weighted by Crippen LogP contribution is 2.05. The summed E-state index contributed by atoms with van der Waals surface area (Å²) in [6.07, 6.45) is 0. The molecular formula is C2H4NO. The fourth-order valence-electron chi connectivity index (χ4n) is 0.0471. The van der Waals surface area contributed by atoms with Crippen LogP contribution in [-0.2, 0) is 4.84 Å². The molecule has 0 spiro atoms. The standard InChI is InChI=1S/C2H4NO/c1-3-2-4-3/h2H,1H3. The number of hydrogen-bond donors (Lipinski definition) is 0. The molecule has 0 aromatic heterocycles. The van der Waals surface area contributed by atoms with Crippen molar-refractivity contribution in [2.75, 3.05) is 7.05 Å². The molecule has 0 saturated carbocycles. The molecular weight excluding hydrogens is 54.0 g/mol. The van der Waals surface area contributed by atoms with Crippen LogP contribution < -0.4 is 0 Å². The quantitative estimate of drug-likeness (QED) is 0.364. The van der Waals surface area contributed by atoms with Crippen LogP contribution in [0.3, 0.4) is 0 Å². The van der Waals surface area contributed by atoms with Gasteiger partial charge in [-0.1, -0.05) is 0 Å². The predicted octanol–water partition coefficient (Wildman–Crippen LogP) is -0.0173. The minimum atomic E-state index is 1.62. The lowest BCUT2D eigenvalue weighted by Crippen LogP contribution is -1.72. The van der Waals surface area contributed by atoms with E-state index in [-0.39, 0.29) is 0 Å². The molecule has 2 nitrogen and oxygen atoms in total. The van der Waals surface area contributed by atoms with Crippen molar-refractivity contribution in [3.63, 3.8) is 0 Å². The van der Waals surface area contributed by atoms with E-state index < -0.39 is 0 Å². The summed E-state index contributed by atoms with van der Waals surface area (Å²) in [5.74, 6) is 0. The van der Waals surface area contributed by atoms with Gasteiger partial charge in [0.25, 0.3) is 0 Å². The third-order valence-corrected chi connectivity index (χ3v) is 0.316. The van der Waals surface area contributed by atoms with Crippen LogP contribution in [0.5, 0.6) is 0 Å². The topological polar surface area (TPSA) is 15.5 Å². The Hall–Kier alpha value is -0.0800. The molecule has 1 rings (SSSR count). The van der Waals surface area contributed by atoms with Crippen LogP contribution in [-0.4, -0.2) is 12.1 Å². The summed E-state index contributed by atoms with van der Waals surface area (Å²) in [6, 6.07) is 0. The summed E-state index contributed by atoms with van der Waals surface area (Å²) < 4.78 is 0. The molecule has 1 unspecified atom stereocenters. The molecule has 1 aliphatic rings. The van der Waals surface area contributed by atoms with Gasteiger partial charge in [-0.15, -0.1) is 0 Å². The fourth-order valence-corrected chi connectivity index (χ4v) is 0.0471. The van der Waals surface area contributed by atoms with Gasteiger partial charge in [0.2, 0.25) is 0 Å². The normalized spacial score (nSPS) is 39.8. The minimum absolute atomic E-state index is 1.62. The van der Waals surface area contributed by atoms with Gasteiger partial charge in [-0.25, -0.2) is 0 Å². The number of nitrogens with zero attached hydrogens (tertiary/aromatic N) is 1. The Bertz CT molecular complexity index is 25.2. The second kappa shape index (κ2) is 0.445. The smallest absolute Gasteiger partial charge is 0.197 e. The summed E-state index contributed by atoms with van der Waals surface area (Å²) in [5, 5.41) is 1.62. The van der Waals surface area contributed by atoms with Crippen LogP contribution in [0.2, 0.25) is 0 Å². The molecule has 1 radical (unpaired) electrons. The van der Waals surface area contributed by atoms with Gasteiger partial charge in [-0.05, 0) is 0 Å². The maximum atomic E-state index is 4.42. The Morgan fingerprint density at radius 3 is 2.25 bits per heavy atom. The molecule has 1 atom stereocenters. The monoisotopic (exact) mass is 58.0 g/mol. The largest absolute Gasteiger partial charge is 0.271 e. The van der Waals surface area contributed by atoms with Gasteiger partial charge >= 0.3 is 0 Å². The van der Waals surface area contributed by atoms with Crippen LogP contribution in [0.1, 0.15) is 0 Å². The van der Waals surface area contributed by atoms with Gasteiger partial charge in [0.15, 0.2) is 6.73 Å². The van der Waals surface area contributed by atoms with E-state index in [4.69, 9.17) is 0 Å². The second-order valence-corrected chi connectivity index (χ2v) is 0.757. The van der Waals surface area contributed by atoms with E-state index in [0.29, 0.717) is 0 Å². The maximum Gasteiger partial charge on any atom is 0.197 e. The van der Waals surface area contributed by atoms with Crippen molar-refractivity contribution in [3.05, 3.63) is 6.73 Å². The van der Waals surface area contributed by atoms with Gasteiger partial charge in [0.05, 0.1) is 0 Å². The van der Waals surface area contributed by atoms with E-state index in [1.807, 2.05) is 7.05 Å². The van der Waals surface area contributed by atoms with E-state index in [0.717, 1.165) is 0 Å². The molecule has 23 valence electrons. The third kappa shape index (κ3) is 0.191. The SMILES string of the molecule is CN1[CH]O1. The van der Waals surface area contributed by atoms with E-state index in [9.17, 15) is 0 Å². The van der Waals surface area contributed by atoms with E-state index >= 15 is 0 Å². The van der Waals surface area contributed by atoms with Gasteiger partial charge in [0.1, 0.15) is 0 Å². The maximum absolute atomic E-state index is 4.42. The zero-order valence-electron chi connectivity index (χ0n) is 2.43. The number of hydroxylamine groups is 2. The van der Waals surface area contributed by atoms with E-state index in [2.05, 4.69) is 4.84 Å². The average Bonchev–Trinajstić information content (AvgIpc) is 1.75. The van der Waals surface area contributed by atoms with Crippen molar-refractivity contribution in [1.82, 2.24) is 5.06 Å². The lowest BCUT2D eigenvalue weighted by Gasteiger charge is -1.59. The third-order valence-electron chi connectivity index (χ3n) is 0.316. The molecule has 1 fully saturated rings. The Labute approximate surface area is 24.9 Å². The molecule has 2 heteroatoms. The zero-order chi connectivity index (χ0) is 2.99. The highest BCUT2D eigenvalue weighted by Gasteiger charge is 2.10. The van der Waals surface area contributed by atoms with Crippen molar-refractivity contribution < 1.29 is 4.84 Å². The van der Waals surface area contributed by atoms with Gasteiger partial charge in [-0.3, -0.25) is 4.84 Å². The first-order chi connectivity index (χ1) is 1.89. The van der Waals surface area contributed by atoms with Crippen molar-refractivity contribution in [2.24, 2.45) is 0 Å². The number of rotatable bonds is 0. The first-order valence-electron chi connectivity index (χ1n) is 1.12. The second-order valence-electron chi connectivity index (χ2n) is 0.757. The summed E-state index contributed by atoms with van der Waals surface area (Å²) in [4.78, 5) is 4.42. The summed E-state index contributed by atoms with van der Waals surface area (Å²) in [5.41, 5.74) is 0. The average molecular weight is 58.1 g/mol. The van der Waals surface area contributed by atoms with Crippen molar-refractivity contribution >= 4 is 0 Å². The number of hydrogen-bond acceptors (Lipinski definition) is 2. The Morgan fingerprint density at radius 2 is 2.25 bits per heavy atom. The van der Waals surface area contributed by atoms with Crippen LogP contribution in [0.15, 0.2) is 0 Å². The van der Waals surface area contributed by atoms with Crippen LogP contribution in [0, 0.1) is 6.73 Å². The summed E-state index contributed by atoms with van der Waals surface area (Å²) in [6.45, 7) is 1.62. The molecule has 0 amide bonds. The van der Waals surface area contributed by atoms with E-state index in [1.165, 1.54) is 0 Å². The van der Waals surface area contributed by atoms with Crippen molar-refractivity contribution in [2.45, 2.75) is 0 Å². The molecule has 1 heterocycles. The molecule has 0 bridgehead atoms. The zero-order valence-corrected chi connectivity index (χ0v) is 2.43. The van der Waals surface area contributed by atoms with Crippen LogP contribution >= 0.6 is 0 Å². The minimum Gasteiger partial charge on any atom is -0.271 e. The highest BCUT2D eigenvalue weighted by molar-refractivity contribution is 4.48. The van der Waals surface area contributed by atoms with Gasteiger partial charge < -0.3 is 0 Å². The molecule has 0 aromatic rings. The Balaban J connectivity index is 2.17. The molecule has 0 N–H and O–H groups in total. The summed E-state index contributed by atoms with van der Waals surface area (Å²) in [7, 11) is 1.83. The van der Waals surface area contributed by atoms with Gasteiger partial charge in [0, 0.05) is 7.05 Å². The highest BCUT2D eigenvalue weighted by atomic mass is 16.8. The summed E-state index contributed by atoms with van der Waals surface area (Å²) >= 11 is 0. The lowest BCUT2D eigenvalue weighted by atomic mass is 11.3. The van der Waals surface area contributed by atoms with Crippen LogP contribution in [0.4, 0.5) is 0 Å². The fraction of sp³-hybridized carbons (Fsp3) is 0.500. The van der Waals surface area contributed by atoms with Crippen molar-refractivity contribution in [1.29, 1.82) is 0 Å². The van der Waals surface area contributed by atoms with Crippen molar-refractivity contribution in [3.8, 4) is 0 Å². The first-order valence-corrected chi connectivity index (χ1v) is 1.12. The molecule has 1 aliphatic heterocycles. The van der Waals surface area contributed by atoms with Crippen LogP contribution in [0.25, 0.3) is 0 Å². The molecule has 4 heavy (non-hydrogen) atoms. The molecule has 1 saturated heterocycles. The predicted molar refractivity (Wildman–Crippen MR) is 13.1 cm³/mol. The Morgan fingerprint density at radius 1 is 2.00 bits per heavy atom.